The first kappa shape index (κ1) is 18.9. The molecule has 7 nitrogen and oxygen atoms in total. The SMILES string of the molecule is Cn1ccnc1C(=O)c1ccc(NC(=O)c2cccnc2N2CCCCC2)cc1. The summed E-state index contributed by atoms with van der Waals surface area (Å²) in [6.45, 7) is 1.84. The van der Waals surface area contributed by atoms with Gasteiger partial charge in [-0.1, -0.05) is 0 Å². The van der Waals surface area contributed by atoms with E-state index in [9.17, 15) is 9.59 Å². The van der Waals surface area contributed by atoms with E-state index in [1.54, 1.807) is 66.6 Å². The third-order valence-corrected chi connectivity index (χ3v) is 5.12. The molecule has 2 aromatic heterocycles. The summed E-state index contributed by atoms with van der Waals surface area (Å²) in [5, 5.41) is 2.91. The zero-order chi connectivity index (χ0) is 20.2. The predicted molar refractivity (Wildman–Crippen MR) is 111 cm³/mol. The molecule has 0 saturated carbocycles. The number of nitrogens with one attached hydrogen (secondary N) is 1. The number of aromatic nitrogens is 3. The van der Waals surface area contributed by atoms with E-state index in [2.05, 4.69) is 20.2 Å². The Morgan fingerprint density at radius 2 is 1.72 bits per heavy atom. The van der Waals surface area contributed by atoms with E-state index < -0.39 is 0 Å². The van der Waals surface area contributed by atoms with Crippen LogP contribution >= 0.6 is 0 Å². The lowest BCUT2D eigenvalue weighted by atomic mass is 10.1. The zero-order valence-electron chi connectivity index (χ0n) is 16.3. The number of hydrogen-bond donors (Lipinski definition) is 1. The molecular weight excluding hydrogens is 366 g/mol. The summed E-state index contributed by atoms with van der Waals surface area (Å²) in [7, 11) is 1.78. The fourth-order valence-electron chi connectivity index (χ4n) is 3.55. The number of imidazole rings is 1. The first-order valence-corrected chi connectivity index (χ1v) is 9.77. The van der Waals surface area contributed by atoms with Crippen LogP contribution in [0.15, 0.2) is 55.0 Å². The Morgan fingerprint density at radius 1 is 0.966 bits per heavy atom. The molecule has 0 atom stereocenters. The van der Waals surface area contributed by atoms with E-state index in [1.165, 1.54) is 6.42 Å². The summed E-state index contributed by atoms with van der Waals surface area (Å²) < 4.78 is 1.68. The van der Waals surface area contributed by atoms with Gasteiger partial charge in [-0.2, -0.15) is 0 Å². The lowest BCUT2D eigenvalue weighted by Crippen LogP contribution is -2.32. The summed E-state index contributed by atoms with van der Waals surface area (Å²) in [6, 6.07) is 10.4. The van der Waals surface area contributed by atoms with Crippen LogP contribution in [-0.2, 0) is 7.05 Å². The molecule has 3 aromatic rings. The summed E-state index contributed by atoms with van der Waals surface area (Å²) in [5.41, 5.74) is 1.70. The first-order valence-electron chi connectivity index (χ1n) is 9.77. The van der Waals surface area contributed by atoms with Gasteiger partial charge in [0.15, 0.2) is 5.82 Å². The van der Waals surface area contributed by atoms with Crippen molar-refractivity contribution in [2.24, 2.45) is 7.05 Å². The number of hydrogen-bond acceptors (Lipinski definition) is 5. The van der Waals surface area contributed by atoms with Crippen LogP contribution in [0.25, 0.3) is 0 Å². The van der Waals surface area contributed by atoms with E-state index >= 15 is 0 Å². The average Bonchev–Trinajstić information content (AvgIpc) is 3.20. The highest BCUT2D eigenvalue weighted by molar-refractivity contribution is 6.09. The number of rotatable bonds is 5. The summed E-state index contributed by atoms with van der Waals surface area (Å²) in [6.07, 6.45) is 8.49. The standard InChI is InChI=1S/C22H23N5O2/c1-26-15-12-24-21(26)19(28)16-7-9-17(10-8-16)25-22(29)18-6-5-11-23-20(18)27-13-3-2-4-14-27/h5-12,15H,2-4,13-14H2,1H3,(H,25,29). The number of ketones is 1. The van der Waals surface area contributed by atoms with Crippen molar-refractivity contribution in [1.29, 1.82) is 0 Å². The van der Waals surface area contributed by atoms with Gasteiger partial charge in [0.2, 0.25) is 5.78 Å². The smallest absolute Gasteiger partial charge is 0.259 e. The second-order valence-corrected chi connectivity index (χ2v) is 7.14. The highest BCUT2D eigenvalue weighted by Gasteiger charge is 2.20. The third-order valence-electron chi connectivity index (χ3n) is 5.12. The van der Waals surface area contributed by atoms with Gasteiger partial charge in [0.1, 0.15) is 5.82 Å². The van der Waals surface area contributed by atoms with E-state index in [4.69, 9.17) is 0 Å². The first-order chi connectivity index (χ1) is 14.1. The molecule has 0 radical (unpaired) electrons. The number of carbonyl (C=O) groups is 2. The number of nitrogens with zero attached hydrogens (tertiary/aromatic N) is 4. The van der Waals surface area contributed by atoms with Crippen molar-refractivity contribution in [2.75, 3.05) is 23.3 Å². The highest BCUT2D eigenvalue weighted by atomic mass is 16.1. The van der Waals surface area contributed by atoms with E-state index in [1.807, 2.05) is 0 Å². The van der Waals surface area contributed by atoms with E-state index in [0.29, 0.717) is 22.6 Å². The maximum atomic E-state index is 12.9. The number of aryl methyl sites for hydroxylation is 1. The molecule has 1 saturated heterocycles. The van der Waals surface area contributed by atoms with Crippen molar-refractivity contribution in [3.63, 3.8) is 0 Å². The molecule has 1 aliphatic rings. The third kappa shape index (κ3) is 4.03. The molecule has 1 amide bonds. The van der Waals surface area contributed by atoms with Gasteiger partial charge in [0.25, 0.3) is 5.91 Å². The molecule has 29 heavy (non-hydrogen) atoms. The second kappa shape index (κ2) is 8.26. The van der Waals surface area contributed by atoms with Crippen LogP contribution in [0.2, 0.25) is 0 Å². The Balaban J connectivity index is 1.49. The molecule has 3 heterocycles. The van der Waals surface area contributed by atoms with Crippen molar-refractivity contribution in [3.05, 3.63) is 71.9 Å². The minimum absolute atomic E-state index is 0.157. The Bertz CT molecular complexity index is 1020. The van der Waals surface area contributed by atoms with Gasteiger partial charge in [-0.05, 0) is 55.7 Å². The van der Waals surface area contributed by atoms with Crippen LogP contribution in [0.5, 0.6) is 0 Å². The number of benzene rings is 1. The van der Waals surface area contributed by atoms with Crippen molar-refractivity contribution in [3.8, 4) is 0 Å². The quantitative estimate of drug-likeness (QED) is 0.678. The predicted octanol–water partition coefficient (Wildman–Crippen LogP) is 3.29. The fraction of sp³-hybridized carbons (Fsp3) is 0.273. The number of anilines is 2. The monoisotopic (exact) mass is 389 g/mol. The summed E-state index contributed by atoms with van der Waals surface area (Å²) in [5.74, 6) is 0.742. The molecule has 0 aliphatic carbocycles. The van der Waals surface area contributed by atoms with Crippen LogP contribution in [-0.4, -0.2) is 39.3 Å². The van der Waals surface area contributed by atoms with Crippen LogP contribution in [0.1, 0.15) is 45.8 Å². The Morgan fingerprint density at radius 3 is 2.41 bits per heavy atom. The van der Waals surface area contributed by atoms with E-state index in [0.717, 1.165) is 31.7 Å². The lowest BCUT2D eigenvalue weighted by Gasteiger charge is -2.29. The highest BCUT2D eigenvalue weighted by Crippen LogP contribution is 2.23. The zero-order valence-corrected chi connectivity index (χ0v) is 16.3. The molecule has 1 N–H and O–H groups in total. The molecule has 1 aliphatic heterocycles. The van der Waals surface area contributed by atoms with Gasteiger partial charge in [0, 0.05) is 50.0 Å². The molecule has 7 heteroatoms. The number of carbonyl (C=O) groups excluding carboxylic acids is 2. The van der Waals surface area contributed by atoms with Gasteiger partial charge in [-0.25, -0.2) is 9.97 Å². The number of piperidine rings is 1. The van der Waals surface area contributed by atoms with Gasteiger partial charge < -0.3 is 14.8 Å². The molecular formula is C22H23N5O2. The largest absolute Gasteiger partial charge is 0.356 e. The summed E-state index contributed by atoms with van der Waals surface area (Å²) in [4.78, 5) is 36.1. The van der Waals surface area contributed by atoms with Gasteiger partial charge in [0.05, 0.1) is 5.56 Å². The van der Waals surface area contributed by atoms with Crippen LogP contribution in [0.4, 0.5) is 11.5 Å². The molecule has 0 spiro atoms. The van der Waals surface area contributed by atoms with Crippen LogP contribution in [0.3, 0.4) is 0 Å². The minimum Gasteiger partial charge on any atom is -0.356 e. The van der Waals surface area contributed by atoms with Gasteiger partial charge >= 0.3 is 0 Å². The maximum absolute atomic E-state index is 12.9. The second-order valence-electron chi connectivity index (χ2n) is 7.14. The molecule has 148 valence electrons. The molecule has 0 bridgehead atoms. The van der Waals surface area contributed by atoms with Gasteiger partial charge in [-0.3, -0.25) is 9.59 Å². The van der Waals surface area contributed by atoms with Crippen LogP contribution < -0.4 is 10.2 Å². The van der Waals surface area contributed by atoms with E-state index in [-0.39, 0.29) is 11.7 Å². The summed E-state index contributed by atoms with van der Waals surface area (Å²) >= 11 is 0. The molecule has 1 aromatic carbocycles. The van der Waals surface area contributed by atoms with Gasteiger partial charge in [-0.15, -0.1) is 0 Å². The number of pyridine rings is 1. The fourth-order valence-corrected chi connectivity index (χ4v) is 3.55. The Labute approximate surface area is 169 Å². The molecule has 4 rings (SSSR count). The van der Waals surface area contributed by atoms with Crippen LogP contribution in [0, 0.1) is 0 Å². The number of amides is 1. The minimum atomic E-state index is -0.207. The van der Waals surface area contributed by atoms with Crippen molar-refractivity contribution in [1.82, 2.24) is 14.5 Å². The van der Waals surface area contributed by atoms with Crippen molar-refractivity contribution in [2.45, 2.75) is 19.3 Å². The lowest BCUT2D eigenvalue weighted by molar-refractivity contribution is 0.102. The molecule has 1 fully saturated rings. The van der Waals surface area contributed by atoms with Crippen molar-refractivity contribution >= 4 is 23.2 Å². The van der Waals surface area contributed by atoms with Crippen molar-refractivity contribution < 1.29 is 9.59 Å². The topological polar surface area (TPSA) is 80.1 Å². The molecule has 0 unspecified atom stereocenters. The Kier molecular flexibility index (Phi) is 5.37. The normalized spacial score (nSPS) is 13.9. The average molecular weight is 389 g/mol. The maximum Gasteiger partial charge on any atom is 0.259 e. The Hall–Kier alpha value is -3.48.